The zero-order chi connectivity index (χ0) is 30.0. The fourth-order valence-electron chi connectivity index (χ4n) is 4.67. The van der Waals surface area contributed by atoms with Crippen LogP contribution in [0.3, 0.4) is 0 Å². The van der Waals surface area contributed by atoms with Crippen molar-refractivity contribution in [3.05, 3.63) is 107 Å². The van der Waals surface area contributed by atoms with Crippen LogP contribution >= 0.6 is 0 Å². The maximum Gasteiger partial charge on any atom is 0.341 e. The monoisotopic (exact) mass is 566 g/mol. The number of esters is 2. The fraction of sp³-hybridized carbons (Fsp3) is 0.125. The molecule has 0 radical (unpaired) electrons. The molecule has 0 aliphatic heterocycles. The predicted octanol–water partition coefficient (Wildman–Crippen LogP) is 4.00. The van der Waals surface area contributed by atoms with Crippen LogP contribution in [0.25, 0.3) is 21.5 Å². The molecule has 0 spiro atoms. The molecule has 0 heterocycles. The number of hydrogen-bond acceptors (Lipinski definition) is 8. The van der Waals surface area contributed by atoms with E-state index in [9.17, 15) is 29.4 Å². The molecule has 5 rings (SSSR count). The molecule has 10 heteroatoms. The zero-order valence-corrected chi connectivity index (χ0v) is 22.6. The number of ether oxygens (including phenoxy) is 2. The van der Waals surface area contributed by atoms with Crippen LogP contribution in [0.1, 0.15) is 41.4 Å². The van der Waals surface area contributed by atoms with E-state index in [1.165, 1.54) is 38.5 Å². The highest BCUT2D eigenvalue weighted by Gasteiger charge is 2.18. The van der Waals surface area contributed by atoms with E-state index in [4.69, 9.17) is 9.47 Å². The van der Waals surface area contributed by atoms with Gasteiger partial charge in [-0.1, -0.05) is 36.4 Å². The van der Waals surface area contributed by atoms with Crippen LogP contribution in [-0.4, -0.2) is 60.3 Å². The maximum atomic E-state index is 12.9. The maximum absolute atomic E-state index is 12.9. The number of rotatable bonds is 6. The van der Waals surface area contributed by atoms with Crippen LogP contribution in [-0.2, 0) is 9.47 Å². The van der Waals surface area contributed by atoms with Gasteiger partial charge in [0.1, 0.15) is 22.6 Å². The molecule has 0 saturated heterocycles. The zero-order valence-electron chi connectivity index (χ0n) is 22.6. The average Bonchev–Trinajstić information content (AvgIpc) is 3.00. The van der Waals surface area contributed by atoms with Gasteiger partial charge in [0.25, 0.3) is 11.8 Å². The van der Waals surface area contributed by atoms with Crippen molar-refractivity contribution in [2.24, 2.45) is 0 Å². The third-order valence-electron chi connectivity index (χ3n) is 6.89. The van der Waals surface area contributed by atoms with E-state index in [1.807, 2.05) is 0 Å². The summed E-state index contributed by atoms with van der Waals surface area (Å²) in [6.45, 7) is 0. The molecule has 4 aromatic rings. The Bertz CT molecular complexity index is 1680. The van der Waals surface area contributed by atoms with E-state index in [2.05, 4.69) is 10.6 Å². The van der Waals surface area contributed by atoms with E-state index < -0.39 is 24.0 Å². The molecular formula is C32H26N2O8. The van der Waals surface area contributed by atoms with Crippen molar-refractivity contribution in [1.82, 2.24) is 10.6 Å². The number of amides is 2. The Labute approximate surface area is 239 Å². The summed E-state index contributed by atoms with van der Waals surface area (Å²) in [7, 11) is 2.44. The van der Waals surface area contributed by atoms with Gasteiger partial charge in [-0.15, -0.1) is 0 Å². The third kappa shape index (κ3) is 5.64. The van der Waals surface area contributed by atoms with Gasteiger partial charge in [-0.25, -0.2) is 9.59 Å². The van der Waals surface area contributed by atoms with Crippen LogP contribution in [0.4, 0.5) is 0 Å². The summed E-state index contributed by atoms with van der Waals surface area (Å²) in [5, 5.41) is 28.4. The second-order valence-corrected chi connectivity index (χ2v) is 9.61. The van der Waals surface area contributed by atoms with E-state index in [0.717, 1.165) is 0 Å². The Hall–Kier alpha value is -5.64. The number of aromatic hydroxyl groups is 2. The molecule has 0 saturated carbocycles. The first-order valence-electron chi connectivity index (χ1n) is 12.9. The van der Waals surface area contributed by atoms with Crippen LogP contribution in [0.2, 0.25) is 0 Å². The van der Waals surface area contributed by atoms with Crippen molar-refractivity contribution in [1.29, 1.82) is 0 Å². The first-order chi connectivity index (χ1) is 20.2. The summed E-state index contributed by atoms with van der Waals surface area (Å²) in [4.78, 5) is 49.7. The van der Waals surface area contributed by atoms with Gasteiger partial charge in [0, 0.05) is 11.1 Å². The van der Waals surface area contributed by atoms with Crippen molar-refractivity contribution in [2.75, 3.05) is 14.2 Å². The predicted molar refractivity (Wildman–Crippen MR) is 155 cm³/mol. The first kappa shape index (κ1) is 27.9. The molecule has 0 bridgehead atoms. The molecule has 0 atom stereocenters. The topological polar surface area (TPSA) is 151 Å². The molecule has 2 amide bonds. The van der Waals surface area contributed by atoms with Crippen molar-refractivity contribution in [3.63, 3.8) is 0 Å². The molecule has 0 unspecified atom stereocenters. The SMILES string of the molecule is COC(=O)c1cc2cc(C(=O)NC3C=CC(NC(=O)c4ccc5cc(O)c(C(=O)OC)cc5c4)C=C3)ccc2cc1O. The lowest BCUT2D eigenvalue weighted by Crippen LogP contribution is -2.37. The highest BCUT2D eigenvalue weighted by atomic mass is 16.5. The Balaban J connectivity index is 1.23. The van der Waals surface area contributed by atoms with Gasteiger partial charge in [0.05, 0.1) is 26.3 Å². The molecule has 42 heavy (non-hydrogen) atoms. The molecule has 0 aromatic heterocycles. The molecule has 0 fully saturated rings. The van der Waals surface area contributed by atoms with Crippen LogP contribution in [0.15, 0.2) is 85.0 Å². The van der Waals surface area contributed by atoms with Gasteiger partial charge < -0.3 is 30.3 Å². The van der Waals surface area contributed by atoms with Crippen molar-refractivity contribution in [3.8, 4) is 11.5 Å². The second-order valence-electron chi connectivity index (χ2n) is 9.61. The number of methoxy groups -OCH3 is 2. The van der Waals surface area contributed by atoms with Crippen LogP contribution in [0.5, 0.6) is 11.5 Å². The minimum Gasteiger partial charge on any atom is -0.507 e. The summed E-state index contributed by atoms with van der Waals surface area (Å²) < 4.78 is 9.39. The summed E-state index contributed by atoms with van der Waals surface area (Å²) in [6.07, 6.45) is 7.01. The third-order valence-corrected chi connectivity index (χ3v) is 6.89. The van der Waals surface area contributed by atoms with Crippen molar-refractivity contribution in [2.45, 2.75) is 12.1 Å². The molecule has 1 aliphatic carbocycles. The second kappa shape index (κ2) is 11.5. The van der Waals surface area contributed by atoms with E-state index in [1.54, 1.807) is 60.7 Å². The first-order valence-corrected chi connectivity index (χ1v) is 12.9. The fourth-order valence-corrected chi connectivity index (χ4v) is 4.67. The summed E-state index contributed by atoms with van der Waals surface area (Å²) in [5.74, 6) is -2.48. The standard InChI is InChI=1S/C32H26N2O8/c1-41-31(39)25-13-21-11-19(5-3-17(21)15-27(25)35)29(37)33-23-7-9-24(10-8-23)34-30(38)20-6-4-18-16-28(36)26(32(40)42-2)14-22(18)12-20/h3-16,23-24,35-36H,1-2H3,(H,33,37)(H,34,38). The van der Waals surface area contributed by atoms with Gasteiger partial charge in [0.2, 0.25) is 0 Å². The highest BCUT2D eigenvalue weighted by molar-refractivity contribution is 6.04. The largest absolute Gasteiger partial charge is 0.507 e. The quantitative estimate of drug-likeness (QED) is 0.202. The molecule has 212 valence electrons. The molecule has 1 aliphatic rings. The number of carbonyl (C=O) groups is 4. The smallest absolute Gasteiger partial charge is 0.341 e. The molecule has 4 aromatic carbocycles. The molecular weight excluding hydrogens is 540 g/mol. The summed E-state index contributed by atoms with van der Waals surface area (Å²) in [5.41, 5.74) is 0.730. The number of benzene rings is 4. The van der Waals surface area contributed by atoms with Gasteiger partial charge in [-0.2, -0.15) is 0 Å². The molecule has 10 nitrogen and oxygen atoms in total. The number of hydrogen-bond donors (Lipinski definition) is 4. The average molecular weight is 567 g/mol. The van der Waals surface area contributed by atoms with Crippen LogP contribution < -0.4 is 10.6 Å². The number of phenolic OH excluding ortho intramolecular Hbond substituents is 2. The number of fused-ring (bicyclic) bond motifs is 2. The van der Waals surface area contributed by atoms with Gasteiger partial charge >= 0.3 is 11.9 Å². The van der Waals surface area contributed by atoms with Gasteiger partial charge in [-0.05, 0) is 70.1 Å². The Kier molecular flexibility index (Phi) is 7.61. The van der Waals surface area contributed by atoms with Crippen molar-refractivity contribution < 1.29 is 38.9 Å². The Morgan fingerprint density at radius 3 is 1.31 bits per heavy atom. The van der Waals surface area contributed by atoms with Crippen molar-refractivity contribution >= 4 is 45.3 Å². The van der Waals surface area contributed by atoms with E-state index in [-0.39, 0.29) is 34.4 Å². The Morgan fingerprint density at radius 2 is 0.952 bits per heavy atom. The minimum absolute atomic E-state index is 0.00252. The summed E-state index contributed by atoms with van der Waals surface area (Å²) in [6, 6.07) is 14.8. The number of nitrogens with one attached hydrogen (secondary N) is 2. The lowest BCUT2D eigenvalue weighted by molar-refractivity contribution is 0.0588. The van der Waals surface area contributed by atoms with Gasteiger partial charge in [-0.3, -0.25) is 9.59 Å². The van der Waals surface area contributed by atoms with E-state index in [0.29, 0.717) is 32.7 Å². The molecule has 4 N–H and O–H groups in total. The number of carbonyl (C=O) groups excluding carboxylic acids is 4. The normalized spacial score (nSPS) is 15.8. The van der Waals surface area contributed by atoms with Crippen LogP contribution in [0, 0.1) is 0 Å². The Morgan fingerprint density at radius 1 is 0.571 bits per heavy atom. The van der Waals surface area contributed by atoms with Gasteiger partial charge in [0.15, 0.2) is 0 Å². The summed E-state index contributed by atoms with van der Waals surface area (Å²) >= 11 is 0. The minimum atomic E-state index is -0.683. The lowest BCUT2D eigenvalue weighted by Gasteiger charge is -2.19. The highest BCUT2D eigenvalue weighted by Crippen LogP contribution is 2.28. The lowest BCUT2D eigenvalue weighted by atomic mass is 10.0. The van der Waals surface area contributed by atoms with E-state index >= 15 is 0 Å². The number of phenols is 2.